The number of sulfonamides is 1. The molecule has 0 saturated carbocycles. The Morgan fingerprint density at radius 1 is 0.719 bits per heavy atom. The van der Waals surface area contributed by atoms with E-state index in [9.17, 15) is 13.5 Å². The molecular formula is C26H32N2O3S. The number of hydrogen-bond donors (Lipinski definition) is 3. The minimum absolute atomic E-state index is 0.199. The van der Waals surface area contributed by atoms with Crippen molar-refractivity contribution in [2.24, 2.45) is 0 Å². The summed E-state index contributed by atoms with van der Waals surface area (Å²) in [4.78, 5) is 0.199. The molecule has 3 rings (SSSR count). The van der Waals surface area contributed by atoms with E-state index in [1.807, 2.05) is 24.3 Å². The molecule has 0 aliphatic rings. The van der Waals surface area contributed by atoms with Crippen molar-refractivity contribution in [1.29, 1.82) is 0 Å². The Labute approximate surface area is 191 Å². The van der Waals surface area contributed by atoms with E-state index in [0.717, 1.165) is 16.8 Å². The Balaban J connectivity index is 2.04. The van der Waals surface area contributed by atoms with Gasteiger partial charge in [0, 0.05) is 16.8 Å². The Hall–Kier alpha value is -2.99. The topological polar surface area (TPSA) is 78.4 Å². The lowest BCUT2D eigenvalue weighted by atomic mass is 9.79. The monoisotopic (exact) mass is 452 g/mol. The Morgan fingerprint density at radius 3 is 1.69 bits per heavy atom. The molecule has 0 bridgehead atoms. The molecule has 0 aliphatic carbocycles. The highest BCUT2D eigenvalue weighted by Crippen LogP contribution is 2.42. The molecule has 0 atom stereocenters. The molecule has 0 fully saturated rings. The first-order valence-corrected chi connectivity index (χ1v) is 12.1. The number of phenolic OH excluding ortho intramolecular Hbond substituents is 1. The largest absolute Gasteiger partial charge is 0.507 e. The summed E-state index contributed by atoms with van der Waals surface area (Å²) >= 11 is 0. The van der Waals surface area contributed by atoms with Gasteiger partial charge in [0.25, 0.3) is 10.0 Å². The number of benzene rings is 3. The van der Waals surface area contributed by atoms with Crippen molar-refractivity contribution in [1.82, 2.24) is 0 Å². The van der Waals surface area contributed by atoms with E-state index < -0.39 is 10.0 Å². The molecule has 5 nitrogen and oxygen atoms in total. The van der Waals surface area contributed by atoms with Gasteiger partial charge in [-0.3, -0.25) is 4.72 Å². The Bertz CT molecular complexity index is 1170. The van der Waals surface area contributed by atoms with Crippen LogP contribution in [0.25, 0.3) is 0 Å². The van der Waals surface area contributed by atoms with Crippen LogP contribution in [0.5, 0.6) is 5.75 Å². The van der Waals surface area contributed by atoms with Gasteiger partial charge in [-0.25, -0.2) is 8.42 Å². The maximum absolute atomic E-state index is 12.9. The predicted molar refractivity (Wildman–Crippen MR) is 132 cm³/mol. The van der Waals surface area contributed by atoms with E-state index in [2.05, 4.69) is 51.6 Å². The Morgan fingerprint density at radius 2 is 1.19 bits per heavy atom. The second-order valence-corrected chi connectivity index (χ2v) is 11.7. The fraction of sp³-hybridized carbons (Fsp3) is 0.308. The highest BCUT2D eigenvalue weighted by molar-refractivity contribution is 7.92. The fourth-order valence-electron chi connectivity index (χ4n) is 3.49. The first-order chi connectivity index (χ1) is 14.8. The van der Waals surface area contributed by atoms with Gasteiger partial charge in [-0.1, -0.05) is 71.9 Å². The number of nitrogens with one attached hydrogen (secondary N) is 2. The van der Waals surface area contributed by atoms with Crippen LogP contribution in [0.1, 0.15) is 52.7 Å². The summed E-state index contributed by atoms with van der Waals surface area (Å²) < 4.78 is 28.4. The average molecular weight is 453 g/mol. The number of phenols is 1. The minimum Gasteiger partial charge on any atom is -0.507 e. The second kappa shape index (κ2) is 8.51. The zero-order valence-corrected chi connectivity index (χ0v) is 20.3. The van der Waals surface area contributed by atoms with Crippen molar-refractivity contribution in [3.05, 3.63) is 77.9 Å². The lowest BCUT2D eigenvalue weighted by Gasteiger charge is -2.28. The van der Waals surface area contributed by atoms with Crippen LogP contribution in [0.2, 0.25) is 0 Å². The molecule has 3 N–H and O–H groups in total. The molecule has 0 aliphatic heterocycles. The van der Waals surface area contributed by atoms with Crippen molar-refractivity contribution in [2.75, 3.05) is 10.0 Å². The smallest absolute Gasteiger partial charge is 0.261 e. The van der Waals surface area contributed by atoms with E-state index in [1.165, 1.54) is 0 Å². The minimum atomic E-state index is -3.73. The van der Waals surface area contributed by atoms with Crippen molar-refractivity contribution >= 4 is 27.1 Å². The standard InChI is InChI=1S/C26H32N2O3S/c1-25(2,3)20-16-18(17-21(24(20)29)26(4,5)6)27-22-14-10-11-15-23(22)28-32(30,31)19-12-8-7-9-13-19/h7-17,27-29H,1-6H3. The third-order valence-electron chi connectivity index (χ3n) is 5.23. The predicted octanol–water partition coefficient (Wildman–Crippen LogP) is 6.53. The van der Waals surface area contributed by atoms with E-state index in [4.69, 9.17) is 0 Å². The van der Waals surface area contributed by atoms with Gasteiger partial charge in [0.2, 0.25) is 0 Å². The summed E-state index contributed by atoms with van der Waals surface area (Å²) in [5.41, 5.74) is 2.97. The number of aromatic hydroxyl groups is 1. The molecule has 0 amide bonds. The van der Waals surface area contributed by atoms with Crippen molar-refractivity contribution in [2.45, 2.75) is 57.3 Å². The first-order valence-electron chi connectivity index (χ1n) is 10.6. The van der Waals surface area contributed by atoms with Crippen LogP contribution in [0.4, 0.5) is 17.1 Å². The molecule has 0 aromatic heterocycles. The lowest BCUT2D eigenvalue weighted by Crippen LogP contribution is -2.18. The van der Waals surface area contributed by atoms with Gasteiger partial charge < -0.3 is 10.4 Å². The average Bonchev–Trinajstić information content (AvgIpc) is 2.69. The van der Waals surface area contributed by atoms with Crippen LogP contribution in [0.15, 0.2) is 71.6 Å². The van der Waals surface area contributed by atoms with Crippen LogP contribution in [-0.4, -0.2) is 13.5 Å². The summed E-state index contributed by atoms with van der Waals surface area (Å²) in [7, 11) is -3.73. The van der Waals surface area contributed by atoms with Gasteiger partial charge in [0.05, 0.1) is 16.3 Å². The summed E-state index contributed by atoms with van der Waals surface area (Å²) in [5, 5.41) is 14.3. The summed E-state index contributed by atoms with van der Waals surface area (Å²) in [5.74, 6) is 0.300. The van der Waals surface area contributed by atoms with Crippen molar-refractivity contribution in [3.8, 4) is 5.75 Å². The van der Waals surface area contributed by atoms with Gasteiger partial charge >= 0.3 is 0 Å². The summed E-state index contributed by atoms with van der Waals surface area (Å²) in [6.45, 7) is 12.3. The van der Waals surface area contributed by atoms with Crippen LogP contribution in [0.3, 0.4) is 0 Å². The highest BCUT2D eigenvalue weighted by atomic mass is 32.2. The number of hydrogen-bond acceptors (Lipinski definition) is 4. The van der Waals surface area contributed by atoms with Crippen molar-refractivity contribution in [3.63, 3.8) is 0 Å². The molecule has 0 heterocycles. The van der Waals surface area contributed by atoms with Crippen molar-refractivity contribution < 1.29 is 13.5 Å². The van der Waals surface area contributed by atoms with Gasteiger partial charge in [-0.2, -0.15) is 0 Å². The third-order valence-corrected chi connectivity index (χ3v) is 6.61. The highest BCUT2D eigenvalue weighted by Gasteiger charge is 2.27. The molecule has 0 unspecified atom stereocenters. The number of rotatable bonds is 5. The quantitative estimate of drug-likeness (QED) is 0.385. The third kappa shape index (κ3) is 5.25. The molecule has 6 heteroatoms. The zero-order chi connectivity index (χ0) is 23.7. The van der Waals surface area contributed by atoms with Gasteiger partial charge in [0.1, 0.15) is 5.75 Å². The van der Waals surface area contributed by atoms with Gasteiger partial charge in [-0.15, -0.1) is 0 Å². The molecule has 170 valence electrons. The van der Waals surface area contributed by atoms with Gasteiger partial charge in [-0.05, 0) is 47.2 Å². The lowest BCUT2D eigenvalue weighted by molar-refractivity contribution is 0.423. The van der Waals surface area contributed by atoms with Crippen LogP contribution in [-0.2, 0) is 20.9 Å². The Kier molecular flexibility index (Phi) is 6.29. The number of para-hydroxylation sites is 2. The summed E-state index contributed by atoms with van der Waals surface area (Å²) in [6, 6.07) is 19.3. The molecule has 3 aromatic carbocycles. The molecule has 0 radical (unpaired) electrons. The maximum atomic E-state index is 12.9. The maximum Gasteiger partial charge on any atom is 0.261 e. The normalized spacial score (nSPS) is 12.4. The molecule has 3 aromatic rings. The number of anilines is 3. The molecule has 0 spiro atoms. The summed E-state index contributed by atoms with van der Waals surface area (Å²) in [6.07, 6.45) is 0. The van der Waals surface area contributed by atoms with Crippen LogP contribution < -0.4 is 10.0 Å². The van der Waals surface area contributed by atoms with Crippen LogP contribution >= 0.6 is 0 Å². The zero-order valence-electron chi connectivity index (χ0n) is 19.5. The van der Waals surface area contributed by atoms with E-state index in [1.54, 1.807) is 42.5 Å². The first kappa shape index (κ1) is 23.7. The molecule has 32 heavy (non-hydrogen) atoms. The van der Waals surface area contributed by atoms with Gasteiger partial charge in [0.15, 0.2) is 0 Å². The van der Waals surface area contributed by atoms with E-state index in [0.29, 0.717) is 17.1 Å². The van der Waals surface area contributed by atoms with Crippen LogP contribution in [0, 0.1) is 0 Å². The molecule has 0 saturated heterocycles. The molecular weight excluding hydrogens is 420 g/mol. The van der Waals surface area contributed by atoms with E-state index in [-0.39, 0.29) is 15.7 Å². The van der Waals surface area contributed by atoms with E-state index >= 15 is 0 Å². The fourth-order valence-corrected chi connectivity index (χ4v) is 4.59. The second-order valence-electron chi connectivity index (χ2n) is 10.0. The SMILES string of the molecule is CC(C)(C)c1cc(Nc2ccccc2NS(=O)(=O)c2ccccc2)cc(C(C)(C)C)c1O.